The second kappa shape index (κ2) is 10.3. The van der Waals surface area contributed by atoms with Gasteiger partial charge in [-0.25, -0.2) is 0 Å². The van der Waals surface area contributed by atoms with E-state index in [4.69, 9.17) is 4.74 Å². The van der Waals surface area contributed by atoms with Crippen LogP contribution < -0.4 is 15.5 Å². The quantitative estimate of drug-likeness (QED) is 0.722. The lowest BCUT2D eigenvalue weighted by Crippen LogP contribution is -2.53. The van der Waals surface area contributed by atoms with E-state index in [1.807, 2.05) is 31.2 Å². The number of anilines is 1. The van der Waals surface area contributed by atoms with Gasteiger partial charge in [0.05, 0.1) is 13.2 Å². The largest absolute Gasteiger partial charge is 0.383 e. The Hall–Kier alpha value is -1.63. The van der Waals surface area contributed by atoms with Gasteiger partial charge in [0.15, 0.2) is 0 Å². The van der Waals surface area contributed by atoms with Gasteiger partial charge >= 0.3 is 0 Å². The Balaban J connectivity index is 0.00000288. The number of amides is 2. The Morgan fingerprint density at radius 3 is 2.71 bits per heavy atom. The number of nitrogens with one attached hydrogen (secondary N) is 2. The van der Waals surface area contributed by atoms with Crippen molar-refractivity contribution < 1.29 is 14.3 Å². The summed E-state index contributed by atoms with van der Waals surface area (Å²) in [6, 6.07) is 7.43. The summed E-state index contributed by atoms with van der Waals surface area (Å²) in [5.41, 5.74) is 2.04. The number of carbonyl (C=O) groups excluding carboxylic acids is 2. The van der Waals surface area contributed by atoms with Crippen molar-refractivity contribution in [2.45, 2.75) is 25.8 Å². The molecule has 1 aliphatic rings. The van der Waals surface area contributed by atoms with Gasteiger partial charge in [0.25, 0.3) is 0 Å². The molecule has 134 valence electrons. The summed E-state index contributed by atoms with van der Waals surface area (Å²) in [4.78, 5) is 26.3. The van der Waals surface area contributed by atoms with Gasteiger partial charge in [-0.2, -0.15) is 0 Å². The summed E-state index contributed by atoms with van der Waals surface area (Å²) < 4.78 is 4.91. The molecule has 1 heterocycles. The van der Waals surface area contributed by atoms with Crippen LogP contribution in [0.25, 0.3) is 0 Å². The van der Waals surface area contributed by atoms with Gasteiger partial charge in [-0.1, -0.05) is 17.7 Å². The fourth-order valence-corrected chi connectivity index (χ4v) is 2.61. The molecule has 0 aromatic heterocycles. The minimum absolute atomic E-state index is 0. The Kier molecular flexibility index (Phi) is 8.74. The monoisotopic (exact) mass is 355 g/mol. The van der Waals surface area contributed by atoms with Crippen LogP contribution in [0.2, 0.25) is 0 Å². The number of nitrogens with zero attached hydrogens (tertiary/aromatic N) is 1. The molecule has 2 rings (SSSR count). The van der Waals surface area contributed by atoms with Crippen LogP contribution in [0.5, 0.6) is 0 Å². The number of halogens is 1. The highest BCUT2D eigenvalue weighted by Crippen LogP contribution is 2.21. The van der Waals surface area contributed by atoms with E-state index in [1.165, 1.54) is 0 Å². The number of methoxy groups -OCH3 is 1. The molecule has 7 heteroatoms. The van der Waals surface area contributed by atoms with Crippen LogP contribution in [-0.2, 0) is 14.3 Å². The first-order valence-electron chi connectivity index (χ1n) is 7.99. The highest BCUT2D eigenvalue weighted by atomic mass is 35.5. The second-order valence-electron chi connectivity index (χ2n) is 5.76. The summed E-state index contributed by atoms with van der Waals surface area (Å²) >= 11 is 0. The fourth-order valence-electron chi connectivity index (χ4n) is 2.61. The number of ether oxygens (including phenoxy) is 1. The van der Waals surface area contributed by atoms with E-state index in [0.717, 1.165) is 17.7 Å². The normalized spacial score (nSPS) is 17.3. The maximum atomic E-state index is 12.6. The van der Waals surface area contributed by atoms with E-state index < -0.39 is 6.04 Å². The van der Waals surface area contributed by atoms with E-state index in [9.17, 15) is 9.59 Å². The molecular formula is C17H26ClN3O3. The molecule has 0 bridgehead atoms. The van der Waals surface area contributed by atoms with Crippen LogP contribution >= 0.6 is 12.4 Å². The number of aryl methyl sites for hydroxylation is 1. The Bertz CT molecular complexity index is 536. The van der Waals surface area contributed by atoms with Crippen molar-refractivity contribution in [3.05, 3.63) is 29.8 Å². The zero-order valence-electron chi connectivity index (χ0n) is 14.2. The van der Waals surface area contributed by atoms with Crippen molar-refractivity contribution in [1.82, 2.24) is 10.6 Å². The summed E-state index contributed by atoms with van der Waals surface area (Å²) in [7, 11) is 1.61. The number of benzene rings is 1. The van der Waals surface area contributed by atoms with Gasteiger partial charge in [-0.05, 0) is 31.9 Å². The van der Waals surface area contributed by atoms with Crippen molar-refractivity contribution in [1.29, 1.82) is 0 Å². The number of carbonyl (C=O) groups is 2. The van der Waals surface area contributed by atoms with Crippen LogP contribution in [0.3, 0.4) is 0 Å². The molecule has 0 saturated carbocycles. The van der Waals surface area contributed by atoms with E-state index in [2.05, 4.69) is 10.6 Å². The van der Waals surface area contributed by atoms with Crippen LogP contribution in [0.1, 0.15) is 18.4 Å². The molecule has 1 fully saturated rings. The molecular weight excluding hydrogens is 330 g/mol. The summed E-state index contributed by atoms with van der Waals surface area (Å²) in [5, 5.41) is 5.80. The maximum Gasteiger partial charge on any atom is 0.249 e. The molecule has 0 aliphatic carbocycles. The standard InChI is InChI=1S/C17H25N3O3.ClH/c1-13-5-7-14(8-6-13)20-10-3-4-15(17(20)22)19-16(21)12-18-9-11-23-2;/h5-8,15,18H,3-4,9-12H2,1-2H3,(H,19,21);1H. The van der Waals surface area contributed by atoms with Gasteiger partial charge in [0.2, 0.25) is 11.8 Å². The average molecular weight is 356 g/mol. The highest BCUT2D eigenvalue weighted by Gasteiger charge is 2.30. The Morgan fingerprint density at radius 1 is 1.33 bits per heavy atom. The summed E-state index contributed by atoms with van der Waals surface area (Å²) in [6.45, 7) is 4.06. The molecule has 1 aromatic rings. The first-order valence-corrected chi connectivity index (χ1v) is 7.99. The SMILES string of the molecule is COCCNCC(=O)NC1CCCN(c2ccc(C)cc2)C1=O.Cl. The average Bonchev–Trinajstić information content (AvgIpc) is 2.55. The van der Waals surface area contributed by atoms with E-state index in [0.29, 0.717) is 26.1 Å². The topological polar surface area (TPSA) is 70.7 Å². The van der Waals surface area contributed by atoms with Crippen molar-refractivity contribution in [3.8, 4) is 0 Å². The predicted octanol–water partition coefficient (Wildman–Crippen LogP) is 1.26. The minimum atomic E-state index is -0.443. The first kappa shape index (κ1) is 20.4. The van der Waals surface area contributed by atoms with E-state index >= 15 is 0 Å². The summed E-state index contributed by atoms with van der Waals surface area (Å²) in [5.74, 6) is -0.199. The molecule has 1 saturated heterocycles. The van der Waals surface area contributed by atoms with Gasteiger partial charge in [0.1, 0.15) is 6.04 Å². The smallest absolute Gasteiger partial charge is 0.249 e. The molecule has 2 N–H and O–H groups in total. The molecule has 24 heavy (non-hydrogen) atoms. The number of hydrogen-bond donors (Lipinski definition) is 2. The predicted molar refractivity (Wildman–Crippen MR) is 96.7 cm³/mol. The van der Waals surface area contributed by atoms with Crippen LogP contribution in [0, 0.1) is 6.92 Å². The van der Waals surface area contributed by atoms with Crippen LogP contribution in [0.4, 0.5) is 5.69 Å². The van der Waals surface area contributed by atoms with Gasteiger partial charge in [-0.3, -0.25) is 9.59 Å². The third-order valence-corrected chi connectivity index (χ3v) is 3.89. The van der Waals surface area contributed by atoms with Crippen LogP contribution in [-0.4, -0.2) is 51.2 Å². The first-order chi connectivity index (χ1) is 11.1. The zero-order chi connectivity index (χ0) is 16.7. The third-order valence-electron chi connectivity index (χ3n) is 3.89. The molecule has 1 atom stereocenters. The molecule has 0 radical (unpaired) electrons. The number of hydrogen-bond acceptors (Lipinski definition) is 4. The fraction of sp³-hybridized carbons (Fsp3) is 0.529. The number of piperidine rings is 1. The molecule has 2 amide bonds. The Morgan fingerprint density at radius 2 is 2.04 bits per heavy atom. The van der Waals surface area contributed by atoms with Gasteiger partial charge in [-0.15, -0.1) is 12.4 Å². The van der Waals surface area contributed by atoms with Gasteiger partial charge < -0.3 is 20.3 Å². The molecule has 1 aromatic carbocycles. The number of rotatable bonds is 7. The molecule has 1 unspecified atom stereocenters. The van der Waals surface area contributed by atoms with Crippen molar-refractivity contribution in [2.75, 3.05) is 38.3 Å². The van der Waals surface area contributed by atoms with E-state index in [1.54, 1.807) is 12.0 Å². The molecule has 6 nitrogen and oxygen atoms in total. The van der Waals surface area contributed by atoms with Crippen molar-refractivity contribution in [3.63, 3.8) is 0 Å². The summed E-state index contributed by atoms with van der Waals surface area (Å²) in [6.07, 6.45) is 1.56. The second-order valence-corrected chi connectivity index (χ2v) is 5.76. The van der Waals surface area contributed by atoms with Crippen molar-refractivity contribution in [2.24, 2.45) is 0 Å². The lowest BCUT2D eigenvalue weighted by atomic mass is 10.0. The van der Waals surface area contributed by atoms with E-state index in [-0.39, 0.29) is 30.8 Å². The van der Waals surface area contributed by atoms with Crippen molar-refractivity contribution >= 4 is 29.9 Å². The lowest BCUT2D eigenvalue weighted by Gasteiger charge is -2.32. The Labute approximate surface area is 149 Å². The zero-order valence-corrected chi connectivity index (χ0v) is 15.0. The lowest BCUT2D eigenvalue weighted by molar-refractivity contribution is -0.128. The highest BCUT2D eigenvalue weighted by molar-refractivity contribution is 6.00. The van der Waals surface area contributed by atoms with Crippen LogP contribution in [0.15, 0.2) is 24.3 Å². The minimum Gasteiger partial charge on any atom is -0.383 e. The van der Waals surface area contributed by atoms with Gasteiger partial charge in [0, 0.05) is 25.9 Å². The molecule has 0 spiro atoms. The molecule has 1 aliphatic heterocycles. The third kappa shape index (κ3) is 5.78. The maximum absolute atomic E-state index is 12.6.